The van der Waals surface area contributed by atoms with E-state index in [0.717, 1.165) is 15.6 Å². The maximum absolute atomic E-state index is 12.2. The van der Waals surface area contributed by atoms with Crippen molar-refractivity contribution in [1.82, 2.24) is 0 Å². The predicted molar refractivity (Wildman–Crippen MR) is 102 cm³/mol. The van der Waals surface area contributed by atoms with Gasteiger partial charge in [0.15, 0.2) is 6.61 Å². The molecule has 5 nitrogen and oxygen atoms in total. The van der Waals surface area contributed by atoms with Crippen molar-refractivity contribution in [2.75, 3.05) is 26.1 Å². The van der Waals surface area contributed by atoms with Gasteiger partial charge in [0.2, 0.25) is 0 Å². The summed E-state index contributed by atoms with van der Waals surface area (Å²) in [6.07, 6.45) is 0. The van der Waals surface area contributed by atoms with Gasteiger partial charge in [-0.25, -0.2) is 0 Å². The van der Waals surface area contributed by atoms with Crippen LogP contribution >= 0.6 is 27.5 Å². The summed E-state index contributed by atoms with van der Waals surface area (Å²) in [7, 11) is 3.09. The lowest BCUT2D eigenvalue weighted by Crippen LogP contribution is -2.20. The number of nitrogens with one attached hydrogen (secondary N) is 1. The lowest BCUT2D eigenvalue weighted by molar-refractivity contribution is -0.118. The summed E-state index contributed by atoms with van der Waals surface area (Å²) in [6.45, 7) is 3.61. The zero-order valence-corrected chi connectivity index (χ0v) is 16.7. The highest BCUT2D eigenvalue weighted by Gasteiger charge is 2.14. The molecule has 2 aromatic rings. The fourth-order valence-electron chi connectivity index (χ4n) is 2.25. The van der Waals surface area contributed by atoms with Gasteiger partial charge in [-0.1, -0.05) is 11.6 Å². The summed E-state index contributed by atoms with van der Waals surface area (Å²) < 4.78 is 16.8. The Labute approximate surface area is 160 Å². The number of carbonyl (C=O) groups is 1. The fourth-order valence-corrected chi connectivity index (χ4v) is 2.94. The van der Waals surface area contributed by atoms with Crippen LogP contribution in [0.5, 0.6) is 17.2 Å². The fraction of sp³-hybridized carbons (Fsp3) is 0.278. The maximum atomic E-state index is 12.2. The van der Waals surface area contributed by atoms with Crippen LogP contribution in [0.4, 0.5) is 5.69 Å². The summed E-state index contributed by atoms with van der Waals surface area (Å²) in [6, 6.07) is 6.95. The van der Waals surface area contributed by atoms with Gasteiger partial charge < -0.3 is 19.5 Å². The summed E-state index contributed by atoms with van der Waals surface area (Å²) >= 11 is 9.64. The SMILES string of the molecule is COc1ccc(OC)c(NC(=O)COc2cc(C)c(Cl)c(C)c2Br)c1. The van der Waals surface area contributed by atoms with Gasteiger partial charge in [0, 0.05) is 11.1 Å². The van der Waals surface area contributed by atoms with Gasteiger partial charge >= 0.3 is 0 Å². The summed E-state index contributed by atoms with van der Waals surface area (Å²) in [5.74, 6) is 1.40. The molecule has 2 aromatic carbocycles. The van der Waals surface area contributed by atoms with Crippen LogP contribution in [0.1, 0.15) is 11.1 Å². The molecule has 0 spiro atoms. The van der Waals surface area contributed by atoms with Crippen molar-refractivity contribution in [2.45, 2.75) is 13.8 Å². The molecule has 0 aliphatic carbocycles. The first kappa shape index (κ1) is 19.4. The molecule has 2 rings (SSSR count). The van der Waals surface area contributed by atoms with Crippen LogP contribution in [-0.4, -0.2) is 26.7 Å². The predicted octanol–water partition coefficient (Wildman–Crippen LogP) is 4.75. The number of carbonyl (C=O) groups excluding carboxylic acids is 1. The van der Waals surface area contributed by atoms with Crippen LogP contribution in [0.2, 0.25) is 5.02 Å². The van der Waals surface area contributed by atoms with Gasteiger partial charge in [0.05, 0.1) is 24.4 Å². The van der Waals surface area contributed by atoms with Crippen molar-refractivity contribution < 1.29 is 19.0 Å². The molecule has 0 bridgehead atoms. The minimum Gasteiger partial charge on any atom is -0.497 e. The number of benzene rings is 2. The molecule has 0 saturated heterocycles. The number of aryl methyl sites for hydroxylation is 1. The Morgan fingerprint density at radius 3 is 2.52 bits per heavy atom. The van der Waals surface area contributed by atoms with Gasteiger partial charge in [-0.2, -0.15) is 0 Å². The van der Waals surface area contributed by atoms with Crippen molar-refractivity contribution in [3.63, 3.8) is 0 Å². The molecular weight excluding hydrogens is 410 g/mol. The number of amides is 1. The Hall–Kier alpha value is -1.92. The molecule has 0 radical (unpaired) electrons. The van der Waals surface area contributed by atoms with E-state index in [2.05, 4.69) is 21.2 Å². The van der Waals surface area contributed by atoms with E-state index in [-0.39, 0.29) is 12.5 Å². The van der Waals surface area contributed by atoms with E-state index in [1.165, 1.54) is 7.11 Å². The standard InChI is InChI=1S/C18H19BrClNO4/c1-10-7-15(17(19)11(2)18(10)20)25-9-16(22)21-13-8-12(23-3)5-6-14(13)24-4/h5-8H,9H2,1-4H3,(H,21,22). The Morgan fingerprint density at radius 2 is 1.88 bits per heavy atom. The second-order valence-electron chi connectivity index (χ2n) is 5.35. The summed E-state index contributed by atoms with van der Waals surface area (Å²) in [4.78, 5) is 12.2. The van der Waals surface area contributed by atoms with Gasteiger partial charge in [-0.3, -0.25) is 4.79 Å². The molecule has 0 aliphatic heterocycles. The molecule has 1 N–H and O–H groups in total. The lowest BCUT2D eigenvalue weighted by atomic mass is 10.1. The number of hydrogen-bond acceptors (Lipinski definition) is 4. The zero-order chi connectivity index (χ0) is 18.6. The number of ether oxygens (including phenoxy) is 3. The molecule has 0 fully saturated rings. The highest BCUT2D eigenvalue weighted by Crippen LogP contribution is 2.35. The zero-order valence-electron chi connectivity index (χ0n) is 14.4. The first-order valence-electron chi connectivity index (χ1n) is 7.47. The molecule has 1 amide bonds. The van der Waals surface area contributed by atoms with E-state index in [4.69, 9.17) is 25.8 Å². The van der Waals surface area contributed by atoms with Gasteiger partial charge in [-0.15, -0.1) is 0 Å². The van der Waals surface area contributed by atoms with E-state index in [1.54, 1.807) is 31.4 Å². The highest BCUT2D eigenvalue weighted by atomic mass is 79.9. The van der Waals surface area contributed by atoms with Gasteiger partial charge in [0.1, 0.15) is 17.2 Å². The number of anilines is 1. The molecular formula is C18H19BrClNO4. The summed E-state index contributed by atoms with van der Waals surface area (Å²) in [5.41, 5.74) is 2.26. The smallest absolute Gasteiger partial charge is 0.262 e. The molecule has 0 heterocycles. The minimum absolute atomic E-state index is 0.153. The molecule has 0 aromatic heterocycles. The van der Waals surface area contributed by atoms with E-state index < -0.39 is 0 Å². The molecule has 25 heavy (non-hydrogen) atoms. The minimum atomic E-state index is -0.316. The molecule has 0 aliphatic rings. The third-order valence-electron chi connectivity index (χ3n) is 3.61. The van der Waals surface area contributed by atoms with E-state index in [1.807, 2.05) is 13.8 Å². The van der Waals surface area contributed by atoms with Crippen molar-refractivity contribution in [1.29, 1.82) is 0 Å². The van der Waals surface area contributed by atoms with Crippen LogP contribution in [0.25, 0.3) is 0 Å². The van der Waals surface area contributed by atoms with Crippen molar-refractivity contribution in [2.24, 2.45) is 0 Å². The second-order valence-corrected chi connectivity index (χ2v) is 6.52. The third kappa shape index (κ3) is 4.58. The van der Waals surface area contributed by atoms with E-state index in [0.29, 0.717) is 28.0 Å². The number of halogens is 2. The van der Waals surface area contributed by atoms with Crippen LogP contribution in [0, 0.1) is 13.8 Å². The average molecular weight is 429 g/mol. The van der Waals surface area contributed by atoms with Gasteiger partial charge in [-0.05, 0) is 59.1 Å². The van der Waals surface area contributed by atoms with Crippen LogP contribution < -0.4 is 19.5 Å². The number of rotatable bonds is 6. The van der Waals surface area contributed by atoms with Crippen molar-refractivity contribution in [3.05, 3.63) is 44.9 Å². The first-order chi connectivity index (χ1) is 11.9. The number of methoxy groups -OCH3 is 2. The highest BCUT2D eigenvalue weighted by molar-refractivity contribution is 9.10. The second kappa shape index (κ2) is 8.45. The van der Waals surface area contributed by atoms with Gasteiger partial charge in [0.25, 0.3) is 5.91 Å². The monoisotopic (exact) mass is 427 g/mol. The Kier molecular flexibility index (Phi) is 6.56. The lowest BCUT2D eigenvalue weighted by Gasteiger charge is -2.14. The number of hydrogen-bond donors (Lipinski definition) is 1. The van der Waals surface area contributed by atoms with Crippen molar-refractivity contribution in [3.8, 4) is 17.2 Å². The molecule has 7 heteroatoms. The van der Waals surface area contributed by atoms with Crippen molar-refractivity contribution >= 4 is 39.1 Å². The molecule has 0 unspecified atom stereocenters. The van der Waals surface area contributed by atoms with Crippen LogP contribution in [0.3, 0.4) is 0 Å². The molecule has 0 atom stereocenters. The Bertz CT molecular complexity index is 795. The average Bonchev–Trinajstić information content (AvgIpc) is 2.61. The van der Waals surface area contributed by atoms with Crippen LogP contribution in [-0.2, 0) is 4.79 Å². The van der Waals surface area contributed by atoms with E-state index in [9.17, 15) is 4.79 Å². The quantitative estimate of drug-likeness (QED) is 0.721. The molecule has 134 valence electrons. The summed E-state index contributed by atoms with van der Waals surface area (Å²) in [5, 5.41) is 3.43. The topological polar surface area (TPSA) is 56.8 Å². The Morgan fingerprint density at radius 1 is 1.16 bits per heavy atom. The molecule has 0 saturated carbocycles. The largest absolute Gasteiger partial charge is 0.497 e. The Balaban J connectivity index is 2.09. The first-order valence-corrected chi connectivity index (χ1v) is 8.64. The normalized spacial score (nSPS) is 10.3. The maximum Gasteiger partial charge on any atom is 0.262 e. The third-order valence-corrected chi connectivity index (χ3v) is 5.18. The van der Waals surface area contributed by atoms with Crippen LogP contribution in [0.15, 0.2) is 28.7 Å². The van der Waals surface area contributed by atoms with E-state index >= 15 is 0 Å².